The lowest BCUT2D eigenvalue weighted by molar-refractivity contribution is -0.0275. The standard InChI is InChI=1S/C10H17F2N/c1-3-10(2,12)9(11)13-7-5-4-6-8-13/h3,9H,1,4-8H2,2H3. The molecule has 2 unspecified atom stereocenters. The second-order valence-electron chi connectivity index (χ2n) is 3.79. The van der Waals surface area contributed by atoms with Crippen molar-refractivity contribution in [3.63, 3.8) is 0 Å². The molecule has 0 aromatic carbocycles. The summed E-state index contributed by atoms with van der Waals surface area (Å²) >= 11 is 0. The van der Waals surface area contributed by atoms with Gasteiger partial charge in [0.2, 0.25) is 0 Å². The molecule has 0 aromatic heterocycles. The molecule has 2 atom stereocenters. The van der Waals surface area contributed by atoms with Gasteiger partial charge < -0.3 is 0 Å². The number of rotatable bonds is 3. The lowest BCUT2D eigenvalue weighted by atomic mass is 10.0. The summed E-state index contributed by atoms with van der Waals surface area (Å²) < 4.78 is 27.0. The molecular formula is C10H17F2N. The Morgan fingerprint density at radius 3 is 2.38 bits per heavy atom. The Morgan fingerprint density at radius 2 is 1.92 bits per heavy atom. The Labute approximate surface area is 78.4 Å². The Hall–Kier alpha value is -0.440. The zero-order valence-electron chi connectivity index (χ0n) is 8.10. The number of piperidine rings is 1. The molecule has 1 rings (SSSR count). The minimum Gasteiger partial charge on any atom is -0.271 e. The first-order valence-electron chi connectivity index (χ1n) is 4.78. The van der Waals surface area contributed by atoms with Crippen LogP contribution < -0.4 is 0 Å². The van der Waals surface area contributed by atoms with E-state index in [1.807, 2.05) is 0 Å². The maximum absolute atomic E-state index is 13.5. The number of likely N-dealkylation sites (tertiary alicyclic amines) is 1. The van der Waals surface area contributed by atoms with Crippen LogP contribution in [0.4, 0.5) is 8.78 Å². The third-order valence-corrected chi connectivity index (χ3v) is 2.58. The van der Waals surface area contributed by atoms with Gasteiger partial charge in [0.05, 0.1) is 0 Å². The number of hydrogen-bond donors (Lipinski definition) is 0. The van der Waals surface area contributed by atoms with Crippen LogP contribution in [0.25, 0.3) is 0 Å². The van der Waals surface area contributed by atoms with Crippen molar-refractivity contribution in [1.29, 1.82) is 0 Å². The Bertz CT molecular complexity index is 174. The van der Waals surface area contributed by atoms with Gasteiger partial charge in [-0.05, 0) is 19.8 Å². The van der Waals surface area contributed by atoms with Crippen molar-refractivity contribution in [3.8, 4) is 0 Å². The van der Waals surface area contributed by atoms with Crippen LogP contribution in [0.5, 0.6) is 0 Å². The van der Waals surface area contributed by atoms with Crippen LogP contribution in [-0.2, 0) is 0 Å². The van der Waals surface area contributed by atoms with Crippen molar-refractivity contribution in [2.24, 2.45) is 0 Å². The largest absolute Gasteiger partial charge is 0.271 e. The molecule has 1 aliphatic heterocycles. The summed E-state index contributed by atoms with van der Waals surface area (Å²) in [4.78, 5) is 1.56. The number of hydrogen-bond acceptors (Lipinski definition) is 1. The van der Waals surface area contributed by atoms with Crippen LogP contribution in [0.2, 0.25) is 0 Å². The average molecular weight is 189 g/mol. The van der Waals surface area contributed by atoms with Crippen LogP contribution in [0.15, 0.2) is 12.7 Å². The molecule has 0 aliphatic carbocycles. The normalized spacial score (nSPS) is 26.4. The highest BCUT2D eigenvalue weighted by atomic mass is 19.2. The maximum Gasteiger partial charge on any atom is 0.191 e. The van der Waals surface area contributed by atoms with Crippen LogP contribution in [-0.4, -0.2) is 30.0 Å². The van der Waals surface area contributed by atoms with E-state index in [1.54, 1.807) is 4.90 Å². The molecule has 0 bridgehead atoms. The van der Waals surface area contributed by atoms with Gasteiger partial charge in [0, 0.05) is 13.1 Å². The van der Waals surface area contributed by atoms with Crippen molar-refractivity contribution in [2.75, 3.05) is 13.1 Å². The van der Waals surface area contributed by atoms with Crippen molar-refractivity contribution >= 4 is 0 Å². The summed E-state index contributed by atoms with van der Waals surface area (Å²) in [6, 6.07) is 0. The van der Waals surface area contributed by atoms with Gasteiger partial charge in [0.1, 0.15) is 0 Å². The zero-order chi connectivity index (χ0) is 9.90. The van der Waals surface area contributed by atoms with Crippen LogP contribution in [0.1, 0.15) is 26.2 Å². The van der Waals surface area contributed by atoms with Crippen molar-refractivity contribution in [2.45, 2.75) is 38.2 Å². The predicted octanol–water partition coefficient (Wildman–Crippen LogP) is 2.68. The molecule has 0 radical (unpaired) electrons. The predicted molar refractivity (Wildman–Crippen MR) is 50.0 cm³/mol. The summed E-state index contributed by atoms with van der Waals surface area (Å²) in [5, 5.41) is 0. The third kappa shape index (κ3) is 2.50. The van der Waals surface area contributed by atoms with Crippen LogP contribution in [0.3, 0.4) is 0 Å². The number of alkyl halides is 2. The minimum atomic E-state index is -1.92. The zero-order valence-corrected chi connectivity index (χ0v) is 8.10. The van der Waals surface area contributed by atoms with E-state index >= 15 is 0 Å². The van der Waals surface area contributed by atoms with Gasteiger partial charge in [0.15, 0.2) is 12.0 Å². The molecule has 13 heavy (non-hydrogen) atoms. The second-order valence-corrected chi connectivity index (χ2v) is 3.79. The van der Waals surface area contributed by atoms with Gasteiger partial charge >= 0.3 is 0 Å². The van der Waals surface area contributed by atoms with E-state index in [2.05, 4.69) is 6.58 Å². The van der Waals surface area contributed by atoms with E-state index in [1.165, 1.54) is 6.92 Å². The van der Waals surface area contributed by atoms with Crippen LogP contribution in [0, 0.1) is 0 Å². The number of halogens is 2. The molecule has 0 amide bonds. The molecule has 1 aliphatic rings. The topological polar surface area (TPSA) is 3.24 Å². The maximum atomic E-state index is 13.5. The highest BCUT2D eigenvalue weighted by molar-refractivity contribution is 4.98. The molecular weight excluding hydrogens is 172 g/mol. The van der Waals surface area contributed by atoms with Gasteiger partial charge in [-0.3, -0.25) is 4.90 Å². The summed E-state index contributed by atoms with van der Waals surface area (Å²) in [7, 11) is 0. The van der Waals surface area contributed by atoms with Gasteiger partial charge in [0.25, 0.3) is 0 Å². The fourth-order valence-electron chi connectivity index (χ4n) is 1.60. The van der Waals surface area contributed by atoms with E-state index in [-0.39, 0.29) is 0 Å². The first-order valence-corrected chi connectivity index (χ1v) is 4.78. The van der Waals surface area contributed by atoms with Gasteiger partial charge in [-0.2, -0.15) is 0 Å². The monoisotopic (exact) mass is 189 g/mol. The smallest absolute Gasteiger partial charge is 0.191 e. The summed E-state index contributed by atoms with van der Waals surface area (Å²) in [5.74, 6) is 0. The summed E-state index contributed by atoms with van der Waals surface area (Å²) in [5.41, 5.74) is -1.92. The van der Waals surface area contributed by atoms with E-state index < -0.39 is 12.0 Å². The van der Waals surface area contributed by atoms with Crippen molar-refractivity contribution in [1.82, 2.24) is 4.90 Å². The van der Waals surface area contributed by atoms with Crippen molar-refractivity contribution in [3.05, 3.63) is 12.7 Å². The molecule has 1 heterocycles. The van der Waals surface area contributed by atoms with E-state index in [4.69, 9.17) is 0 Å². The first kappa shape index (κ1) is 10.6. The molecule has 1 saturated heterocycles. The summed E-state index contributed by atoms with van der Waals surface area (Å²) in [6.45, 7) is 5.86. The highest BCUT2D eigenvalue weighted by Gasteiger charge is 2.36. The Balaban J connectivity index is 2.54. The van der Waals surface area contributed by atoms with E-state index in [0.29, 0.717) is 13.1 Å². The minimum absolute atomic E-state index is 0.661. The molecule has 1 fully saturated rings. The Kier molecular flexibility index (Phi) is 3.42. The third-order valence-electron chi connectivity index (χ3n) is 2.58. The summed E-state index contributed by atoms with van der Waals surface area (Å²) in [6.07, 6.45) is 2.57. The first-order chi connectivity index (χ1) is 6.08. The molecule has 1 nitrogen and oxygen atoms in total. The lowest BCUT2D eigenvalue weighted by Crippen LogP contribution is -2.46. The molecule has 0 aromatic rings. The molecule has 76 valence electrons. The quantitative estimate of drug-likeness (QED) is 0.487. The van der Waals surface area contributed by atoms with Gasteiger partial charge in [-0.25, -0.2) is 8.78 Å². The second kappa shape index (κ2) is 4.18. The fourth-order valence-corrected chi connectivity index (χ4v) is 1.60. The van der Waals surface area contributed by atoms with Crippen LogP contribution >= 0.6 is 0 Å². The van der Waals surface area contributed by atoms with E-state index in [0.717, 1.165) is 25.3 Å². The fraction of sp³-hybridized carbons (Fsp3) is 0.800. The van der Waals surface area contributed by atoms with Crippen molar-refractivity contribution < 1.29 is 8.78 Å². The Morgan fingerprint density at radius 1 is 1.38 bits per heavy atom. The van der Waals surface area contributed by atoms with Gasteiger partial charge in [-0.15, -0.1) is 0 Å². The molecule has 0 N–H and O–H groups in total. The SMILES string of the molecule is C=CC(C)(F)C(F)N1CCCCC1. The average Bonchev–Trinajstić information content (AvgIpc) is 2.18. The van der Waals surface area contributed by atoms with E-state index in [9.17, 15) is 8.78 Å². The number of nitrogens with zero attached hydrogens (tertiary/aromatic N) is 1. The van der Waals surface area contributed by atoms with Gasteiger partial charge in [-0.1, -0.05) is 19.1 Å². The molecule has 0 spiro atoms. The molecule has 3 heteroatoms. The highest BCUT2D eigenvalue weighted by Crippen LogP contribution is 2.25. The molecule has 0 saturated carbocycles. The lowest BCUT2D eigenvalue weighted by Gasteiger charge is -2.34.